The molecule has 3 atom stereocenters. The topological polar surface area (TPSA) is 104 Å². The third-order valence-electron chi connectivity index (χ3n) is 7.70. The Hall–Kier alpha value is -3.68. The molecule has 8 heteroatoms. The molecule has 0 bridgehead atoms. The molecule has 1 fully saturated rings. The molecule has 2 aromatic rings. The van der Waals surface area contributed by atoms with E-state index < -0.39 is 23.8 Å². The highest BCUT2D eigenvalue weighted by atomic mass is 16.5. The Bertz CT molecular complexity index is 1190. The average molecular weight is 491 g/mol. The van der Waals surface area contributed by atoms with Gasteiger partial charge < -0.3 is 14.7 Å². The number of rotatable bonds is 6. The SMILES string of the molecule is CCOc1cccc2c1[C@@H](CN1C(=O)c3ccccc3C1=O)N(C(=O)[C@@H]1CCCC[C@@H]1C(=O)O)CC2. The summed E-state index contributed by atoms with van der Waals surface area (Å²) in [5, 5.41) is 9.80. The summed E-state index contributed by atoms with van der Waals surface area (Å²) >= 11 is 0. The minimum atomic E-state index is -0.947. The fourth-order valence-corrected chi connectivity index (χ4v) is 5.99. The van der Waals surface area contributed by atoms with E-state index in [0.717, 1.165) is 24.0 Å². The summed E-state index contributed by atoms with van der Waals surface area (Å²) in [4.78, 5) is 55.3. The van der Waals surface area contributed by atoms with Crippen molar-refractivity contribution in [1.82, 2.24) is 9.80 Å². The second kappa shape index (κ2) is 9.76. The Morgan fingerprint density at radius 2 is 1.64 bits per heavy atom. The van der Waals surface area contributed by atoms with Gasteiger partial charge in [-0.3, -0.25) is 24.1 Å². The van der Waals surface area contributed by atoms with Gasteiger partial charge in [-0.2, -0.15) is 0 Å². The maximum atomic E-state index is 13.9. The zero-order valence-corrected chi connectivity index (χ0v) is 20.3. The van der Waals surface area contributed by atoms with Crippen LogP contribution in [0.5, 0.6) is 5.75 Å². The third kappa shape index (κ3) is 4.04. The van der Waals surface area contributed by atoms with E-state index in [2.05, 4.69) is 0 Å². The number of carbonyl (C=O) groups excluding carboxylic acids is 3. The van der Waals surface area contributed by atoms with Crippen molar-refractivity contribution in [2.45, 2.75) is 45.1 Å². The maximum absolute atomic E-state index is 13.9. The van der Waals surface area contributed by atoms with Gasteiger partial charge in [-0.25, -0.2) is 0 Å². The molecular formula is C28H30N2O6. The zero-order chi connectivity index (χ0) is 25.4. The van der Waals surface area contributed by atoms with Gasteiger partial charge in [-0.15, -0.1) is 0 Å². The van der Waals surface area contributed by atoms with Crippen molar-refractivity contribution in [3.05, 3.63) is 64.7 Å². The van der Waals surface area contributed by atoms with Crippen LogP contribution in [0, 0.1) is 11.8 Å². The lowest BCUT2D eigenvalue weighted by Crippen LogP contribution is -2.50. The lowest BCUT2D eigenvalue weighted by atomic mass is 9.77. The van der Waals surface area contributed by atoms with Gasteiger partial charge in [-0.05, 0) is 49.9 Å². The highest BCUT2D eigenvalue weighted by Gasteiger charge is 2.45. The number of hydrogen-bond donors (Lipinski definition) is 1. The molecular weight excluding hydrogens is 460 g/mol. The van der Waals surface area contributed by atoms with Crippen molar-refractivity contribution in [1.29, 1.82) is 0 Å². The molecule has 36 heavy (non-hydrogen) atoms. The summed E-state index contributed by atoms with van der Waals surface area (Å²) in [5.41, 5.74) is 2.50. The van der Waals surface area contributed by atoms with Crippen LogP contribution < -0.4 is 4.74 Å². The minimum absolute atomic E-state index is 0.0143. The molecule has 2 aliphatic heterocycles. The van der Waals surface area contributed by atoms with Crippen LogP contribution in [0.25, 0.3) is 0 Å². The molecule has 3 aliphatic rings. The van der Waals surface area contributed by atoms with Gasteiger partial charge in [0.05, 0.1) is 42.2 Å². The lowest BCUT2D eigenvalue weighted by Gasteiger charge is -2.42. The molecule has 1 N–H and O–H groups in total. The highest BCUT2D eigenvalue weighted by Crippen LogP contribution is 2.41. The van der Waals surface area contributed by atoms with Crippen molar-refractivity contribution in [3.8, 4) is 5.75 Å². The van der Waals surface area contributed by atoms with E-state index in [-0.39, 0.29) is 24.3 Å². The Labute approximate surface area is 209 Å². The predicted octanol–water partition coefficient (Wildman–Crippen LogP) is 3.70. The zero-order valence-electron chi connectivity index (χ0n) is 20.3. The summed E-state index contributed by atoms with van der Waals surface area (Å²) in [7, 11) is 0. The first-order valence-electron chi connectivity index (χ1n) is 12.7. The highest BCUT2D eigenvalue weighted by molar-refractivity contribution is 6.21. The van der Waals surface area contributed by atoms with Gasteiger partial charge in [0.1, 0.15) is 5.75 Å². The molecule has 2 heterocycles. The summed E-state index contributed by atoms with van der Waals surface area (Å²) in [6.07, 6.45) is 3.18. The van der Waals surface area contributed by atoms with Crippen molar-refractivity contribution in [2.24, 2.45) is 11.8 Å². The Kier molecular flexibility index (Phi) is 6.51. The molecule has 188 valence electrons. The quantitative estimate of drug-likeness (QED) is 0.620. The molecule has 1 aliphatic carbocycles. The maximum Gasteiger partial charge on any atom is 0.307 e. The first-order valence-corrected chi connectivity index (χ1v) is 12.7. The van der Waals surface area contributed by atoms with Gasteiger partial charge in [0.2, 0.25) is 5.91 Å². The summed E-state index contributed by atoms with van der Waals surface area (Å²) < 4.78 is 5.93. The number of amides is 3. The van der Waals surface area contributed by atoms with Crippen LogP contribution >= 0.6 is 0 Å². The smallest absolute Gasteiger partial charge is 0.307 e. The third-order valence-corrected chi connectivity index (χ3v) is 7.70. The van der Waals surface area contributed by atoms with Crippen LogP contribution in [-0.4, -0.2) is 58.3 Å². The largest absolute Gasteiger partial charge is 0.494 e. The van der Waals surface area contributed by atoms with E-state index in [9.17, 15) is 24.3 Å². The van der Waals surface area contributed by atoms with Gasteiger partial charge >= 0.3 is 5.97 Å². The van der Waals surface area contributed by atoms with Crippen LogP contribution in [-0.2, 0) is 16.0 Å². The number of carbonyl (C=O) groups is 4. The van der Waals surface area contributed by atoms with E-state index in [1.807, 2.05) is 25.1 Å². The molecule has 0 radical (unpaired) electrons. The van der Waals surface area contributed by atoms with E-state index >= 15 is 0 Å². The standard InChI is InChI=1S/C28H30N2O6/c1-2-36-23-13-7-8-17-14-15-29(25(31)20-11-5-6-12-21(20)28(34)35)22(24(17)23)16-30-26(32)18-9-3-4-10-19(18)27(30)33/h3-4,7-10,13,20-22H,2,5-6,11-12,14-16H2,1H3,(H,34,35)/t20-,21+,22-/m1/s1. The summed E-state index contributed by atoms with van der Waals surface area (Å²) in [6, 6.07) is 11.8. The molecule has 0 unspecified atom stereocenters. The van der Waals surface area contributed by atoms with Crippen molar-refractivity contribution < 1.29 is 29.0 Å². The first-order chi connectivity index (χ1) is 17.4. The van der Waals surface area contributed by atoms with Crippen molar-refractivity contribution in [3.63, 3.8) is 0 Å². The predicted molar refractivity (Wildman–Crippen MR) is 131 cm³/mol. The van der Waals surface area contributed by atoms with Crippen LogP contribution in [0.4, 0.5) is 0 Å². The van der Waals surface area contributed by atoms with E-state index in [1.165, 1.54) is 4.90 Å². The summed E-state index contributed by atoms with van der Waals surface area (Å²) in [5.74, 6) is -2.67. The second-order valence-corrected chi connectivity index (χ2v) is 9.66. The first kappa shape index (κ1) is 24.0. The molecule has 1 saturated carbocycles. The Morgan fingerprint density at radius 3 is 2.28 bits per heavy atom. The Balaban J connectivity index is 1.54. The second-order valence-electron chi connectivity index (χ2n) is 9.66. The van der Waals surface area contributed by atoms with Gasteiger partial charge in [0, 0.05) is 12.1 Å². The number of carboxylic acids is 1. The van der Waals surface area contributed by atoms with Gasteiger partial charge in [0.25, 0.3) is 11.8 Å². The van der Waals surface area contributed by atoms with Gasteiger partial charge in [0.15, 0.2) is 0 Å². The fourth-order valence-electron chi connectivity index (χ4n) is 5.99. The van der Waals surface area contributed by atoms with E-state index in [1.54, 1.807) is 29.2 Å². The normalized spacial score (nSPS) is 23.3. The Morgan fingerprint density at radius 1 is 0.972 bits per heavy atom. The number of imide groups is 1. The van der Waals surface area contributed by atoms with Crippen molar-refractivity contribution >= 4 is 23.7 Å². The number of benzene rings is 2. The van der Waals surface area contributed by atoms with E-state index in [0.29, 0.717) is 49.3 Å². The number of hydrogen-bond acceptors (Lipinski definition) is 5. The van der Waals surface area contributed by atoms with E-state index in [4.69, 9.17) is 4.74 Å². The molecule has 0 saturated heterocycles. The number of aliphatic carboxylic acids is 1. The van der Waals surface area contributed by atoms with Crippen LogP contribution in [0.1, 0.15) is 70.5 Å². The van der Waals surface area contributed by atoms with Crippen LogP contribution in [0.15, 0.2) is 42.5 Å². The molecule has 8 nitrogen and oxygen atoms in total. The number of fused-ring (bicyclic) bond motifs is 2. The molecule has 5 rings (SSSR count). The number of carboxylic acid groups (broad SMARTS) is 1. The van der Waals surface area contributed by atoms with Crippen LogP contribution in [0.2, 0.25) is 0 Å². The molecule has 2 aromatic carbocycles. The number of ether oxygens (including phenoxy) is 1. The molecule has 3 amide bonds. The molecule has 0 spiro atoms. The fraction of sp³-hybridized carbons (Fsp3) is 0.429. The van der Waals surface area contributed by atoms with Crippen LogP contribution in [0.3, 0.4) is 0 Å². The summed E-state index contributed by atoms with van der Waals surface area (Å²) in [6.45, 7) is 2.68. The molecule has 0 aromatic heterocycles. The number of nitrogens with zero attached hydrogens (tertiary/aromatic N) is 2. The average Bonchev–Trinajstić information content (AvgIpc) is 3.13. The lowest BCUT2D eigenvalue weighted by molar-refractivity contribution is -0.153. The monoisotopic (exact) mass is 490 g/mol. The van der Waals surface area contributed by atoms with Crippen molar-refractivity contribution in [2.75, 3.05) is 19.7 Å². The van der Waals surface area contributed by atoms with Gasteiger partial charge in [-0.1, -0.05) is 37.1 Å². The minimum Gasteiger partial charge on any atom is -0.494 e.